The van der Waals surface area contributed by atoms with Gasteiger partial charge in [-0.05, 0) is 31.2 Å². The van der Waals surface area contributed by atoms with Gasteiger partial charge in [-0.2, -0.15) is 6.20 Å². The fourth-order valence-corrected chi connectivity index (χ4v) is 1.31. The second-order valence-electron chi connectivity index (χ2n) is 2.76. The Morgan fingerprint density at radius 2 is 2.08 bits per heavy atom. The van der Waals surface area contributed by atoms with Crippen LogP contribution < -0.4 is 4.98 Å². The van der Waals surface area contributed by atoms with Gasteiger partial charge in [-0.25, -0.2) is 0 Å². The Labute approximate surface area is 92.8 Å². The molecule has 4 radical (unpaired) electrons. The first-order valence-electron chi connectivity index (χ1n) is 3.81. The van der Waals surface area contributed by atoms with Crippen LogP contribution in [0.2, 0.25) is 0 Å². The van der Waals surface area contributed by atoms with Crippen LogP contribution in [0.15, 0.2) is 24.4 Å². The van der Waals surface area contributed by atoms with Gasteiger partial charge in [0.1, 0.15) is 0 Å². The molecule has 0 saturated carbocycles. The molecule has 1 heterocycles. The smallest absolute Gasteiger partial charge is 0 e. The largest absolute Gasteiger partial charge is 0.663 e. The van der Waals surface area contributed by atoms with E-state index in [1.54, 1.807) is 6.20 Å². The summed E-state index contributed by atoms with van der Waals surface area (Å²) in [4.78, 5) is 4.19. The Balaban J connectivity index is 0.000000845. The van der Waals surface area contributed by atoms with Gasteiger partial charge in [0.2, 0.25) is 0 Å². The van der Waals surface area contributed by atoms with E-state index in [0.29, 0.717) is 6.42 Å². The van der Waals surface area contributed by atoms with E-state index in [1.807, 2.05) is 18.2 Å². The molecule has 13 heavy (non-hydrogen) atoms. The van der Waals surface area contributed by atoms with Gasteiger partial charge in [0.25, 0.3) is 0 Å². The number of hydrogen-bond acceptors (Lipinski definition) is 0. The predicted octanol–water partition coefficient (Wildman–Crippen LogP) is 2.11. The topological polar surface area (TPSA) is 14.1 Å². The predicted molar refractivity (Wildman–Crippen MR) is 48.7 cm³/mol. The molecule has 0 N–H and O–H groups in total. The van der Waals surface area contributed by atoms with E-state index < -0.39 is 0 Å². The summed E-state index contributed by atoms with van der Waals surface area (Å²) in [6, 6.07) is 5.68. The zero-order valence-corrected chi connectivity index (χ0v) is 9.96. The Hall–Kier alpha value is -0.552. The van der Waals surface area contributed by atoms with Crippen LogP contribution in [0.3, 0.4) is 0 Å². The van der Waals surface area contributed by atoms with Crippen LogP contribution in [0.5, 0.6) is 0 Å². The zero-order chi connectivity index (χ0) is 8.55. The summed E-state index contributed by atoms with van der Waals surface area (Å²) in [5, 5.41) is 1.10. The molecule has 2 heteroatoms. The molecule has 0 unspecified atom stereocenters. The van der Waals surface area contributed by atoms with Gasteiger partial charge in [-0.15, -0.1) is 5.52 Å². The first-order chi connectivity index (χ1) is 5.81. The quantitative estimate of drug-likeness (QED) is 0.777. The molecular weight excluding hydrogens is 330 g/mol. The molecule has 1 aromatic carbocycles. The standard InChI is InChI=1S/C11H8N.W/c1-3-9-7-12-11-6-8(2)4-5-10(9)11;/h1-2,4-7H,3H2;/q-1;. The number of hydrogen-bond donors (Lipinski definition) is 0. The molecule has 0 aliphatic carbocycles. The molecule has 1 aromatic heterocycles. The van der Waals surface area contributed by atoms with Crippen molar-refractivity contribution < 1.29 is 21.1 Å². The second-order valence-corrected chi connectivity index (χ2v) is 2.76. The number of nitrogens with zero attached hydrogens (tertiary/aromatic N) is 1. The Morgan fingerprint density at radius 3 is 2.77 bits per heavy atom. The fraction of sp³-hybridized carbons (Fsp3) is 0.0909. The molecule has 0 aliphatic heterocycles. The number of benzene rings is 1. The molecule has 64 valence electrons. The average Bonchev–Trinajstić information content (AvgIpc) is 2.46. The van der Waals surface area contributed by atoms with Crippen LogP contribution in [-0.4, -0.2) is 0 Å². The minimum Gasteiger partial charge on any atom is -0.663 e. The summed E-state index contributed by atoms with van der Waals surface area (Å²) in [6.45, 7) is 11.1. The van der Waals surface area contributed by atoms with Crippen molar-refractivity contribution in [1.82, 2.24) is 4.98 Å². The maximum absolute atomic E-state index is 5.60. The molecule has 0 aliphatic rings. The summed E-state index contributed by atoms with van der Waals surface area (Å²) in [7, 11) is 0. The molecule has 0 spiro atoms. The van der Waals surface area contributed by atoms with Crippen LogP contribution >= 0.6 is 0 Å². The van der Waals surface area contributed by atoms with E-state index in [1.165, 1.54) is 0 Å². The normalized spacial score (nSPS) is 10.0. The van der Waals surface area contributed by atoms with Crippen LogP contribution in [0.25, 0.3) is 10.9 Å². The minimum atomic E-state index is 0. The second kappa shape index (κ2) is 4.11. The third-order valence-electron chi connectivity index (χ3n) is 1.95. The molecule has 2 aromatic rings. The van der Waals surface area contributed by atoms with Gasteiger partial charge in [0.15, 0.2) is 0 Å². The average molecular weight is 338 g/mol. The van der Waals surface area contributed by atoms with E-state index >= 15 is 0 Å². The molecule has 0 bridgehead atoms. The third kappa shape index (κ3) is 1.86. The summed E-state index contributed by atoms with van der Waals surface area (Å²) in [6.07, 6.45) is 2.32. The van der Waals surface area contributed by atoms with Gasteiger partial charge in [-0.3, -0.25) is 0 Å². The van der Waals surface area contributed by atoms with Gasteiger partial charge in [0, 0.05) is 21.1 Å². The van der Waals surface area contributed by atoms with Crippen molar-refractivity contribution in [1.29, 1.82) is 0 Å². The van der Waals surface area contributed by atoms with Crippen LogP contribution in [0.1, 0.15) is 11.1 Å². The number of aromatic nitrogens is 1. The molecule has 0 atom stereocenters. The summed E-state index contributed by atoms with van der Waals surface area (Å²) < 4.78 is 0. The molecule has 0 amide bonds. The van der Waals surface area contributed by atoms with Crippen molar-refractivity contribution in [2.45, 2.75) is 6.42 Å². The van der Waals surface area contributed by atoms with Gasteiger partial charge in [-0.1, -0.05) is 23.8 Å². The number of fused-ring (bicyclic) bond motifs is 1. The third-order valence-corrected chi connectivity index (χ3v) is 1.95. The van der Waals surface area contributed by atoms with Crippen molar-refractivity contribution in [3.63, 3.8) is 0 Å². The molecule has 1 nitrogen and oxygen atoms in total. The Kier molecular flexibility index (Phi) is 3.32. The summed E-state index contributed by atoms with van der Waals surface area (Å²) >= 11 is 0. The van der Waals surface area contributed by atoms with E-state index in [2.05, 4.69) is 4.98 Å². The molecule has 0 saturated heterocycles. The SMILES string of the molecule is [CH]Cc1c[n-]c2cc([CH])ccc12.[W]. The first kappa shape index (κ1) is 10.5. The van der Waals surface area contributed by atoms with Crippen molar-refractivity contribution in [2.24, 2.45) is 0 Å². The fourth-order valence-electron chi connectivity index (χ4n) is 1.31. The van der Waals surface area contributed by atoms with Crippen LogP contribution in [0.4, 0.5) is 0 Å². The maximum Gasteiger partial charge on any atom is 0 e. The maximum atomic E-state index is 5.60. The van der Waals surface area contributed by atoms with Crippen molar-refractivity contribution in [3.05, 3.63) is 49.4 Å². The summed E-state index contributed by atoms with van der Waals surface area (Å²) in [5.41, 5.74) is 2.74. The monoisotopic (exact) mass is 338 g/mol. The van der Waals surface area contributed by atoms with E-state index in [0.717, 1.165) is 22.0 Å². The summed E-state index contributed by atoms with van der Waals surface area (Å²) in [5.74, 6) is 0. The van der Waals surface area contributed by atoms with Crippen molar-refractivity contribution in [3.8, 4) is 0 Å². The van der Waals surface area contributed by atoms with Crippen molar-refractivity contribution >= 4 is 10.9 Å². The van der Waals surface area contributed by atoms with Crippen LogP contribution in [0, 0.1) is 13.8 Å². The van der Waals surface area contributed by atoms with Gasteiger partial charge < -0.3 is 4.98 Å². The van der Waals surface area contributed by atoms with Gasteiger partial charge in [0.05, 0.1) is 0 Å². The van der Waals surface area contributed by atoms with E-state index in [9.17, 15) is 0 Å². The van der Waals surface area contributed by atoms with Crippen LogP contribution in [-0.2, 0) is 27.5 Å². The van der Waals surface area contributed by atoms with Gasteiger partial charge >= 0.3 is 0 Å². The van der Waals surface area contributed by atoms with E-state index in [-0.39, 0.29) is 21.1 Å². The zero-order valence-electron chi connectivity index (χ0n) is 7.03. The first-order valence-corrected chi connectivity index (χ1v) is 3.81. The number of rotatable bonds is 1. The molecule has 2 rings (SSSR count). The molecular formula is C11H8NW-. The Morgan fingerprint density at radius 1 is 1.31 bits per heavy atom. The van der Waals surface area contributed by atoms with E-state index in [4.69, 9.17) is 13.8 Å². The molecule has 0 fully saturated rings. The Bertz CT molecular complexity index is 403. The minimum absolute atomic E-state index is 0. The van der Waals surface area contributed by atoms with Crippen molar-refractivity contribution in [2.75, 3.05) is 0 Å².